The monoisotopic (exact) mass is 269 g/mol. The minimum absolute atomic E-state index is 0.181. The summed E-state index contributed by atoms with van der Waals surface area (Å²) in [7, 11) is 0. The van der Waals surface area contributed by atoms with E-state index in [0.29, 0.717) is 6.54 Å². The van der Waals surface area contributed by atoms with E-state index in [1.807, 2.05) is 37.3 Å². The molecule has 1 aliphatic rings. The third-order valence-corrected chi connectivity index (χ3v) is 3.41. The maximum Gasteiger partial charge on any atom is 0.243 e. The maximum atomic E-state index is 11.9. The lowest BCUT2D eigenvalue weighted by Gasteiger charge is -2.26. The zero-order valence-corrected chi connectivity index (χ0v) is 11.2. The molecule has 1 aliphatic heterocycles. The average Bonchev–Trinajstić information content (AvgIpc) is 2.42. The number of nitrogens with zero attached hydrogens (tertiary/aromatic N) is 2. The second-order valence-electron chi connectivity index (χ2n) is 4.92. The molecule has 2 aromatic rings. The van der Waals surface area contributed by atoms with E-state index < -0.39 is 0 Å². The van der Waals surface area contributed by atoms with Crippen LogP contribution in [0.25, 0.3) is 10.9 Å². The number of benzene rings is 1. The number of nitrogens with one attached hydrogen (secondary N) is 1. The predicted octanol–water partition coefficient (Wildman–Crippen LogP) is 1.00. The number of imide groups is 1. The summed E-state index contributed by atoms with van der Waals surface area (Å²) in [6.45, 7) is 2.65. The van der Waals surface area contributed by atoms with E-state index in [1.54, 1.807) is 0 Å². The van der Waals surface area contributed by atoms with Gasteiger partial charge in [0.2, 0.25) is 11.8 Å². The lowest BCUT2D eigenvalue weighted by Crippen LogP contribution is -2.51. The highest BCUT2D eigenvalue weighted by atomic mass is 16.2. The van der Waals surface area contributed by atoms with Gasteiger partial charge in [-0.15, -0.1) is 0 Å². The molecule has 1 saturated heterocycles. The fraction of sp³-hybridized carbons (Fsp3) is 0.267. The summed E-state index contributed by atoms with van der Waals surface area (Å²) in [6, 6.07) is 9.70. The largest absolute Gasteiger partial charge is 0.300 e. The van der Waals surface area contributed by atoms with Crippen LogP contribution in [0.4, 0.5) is 0 Å². The van der Waals surface area contributed by atoms with Gasteiger partial charge in [0, 0.05) is 11.1 Å². The number of fused-ring (bicyclic) bond motifs is 1. The van der Waals surface area contributed by atoms with Crippen LogP contribution in [0.3, 0.4) is 0 Å². The molecule has 3 rings (SSSR count). The Bertz CT molecular complexity index is 681. The van der Waals surface area contributed by atoms with Gasteiger partial charge in [-0.3, -0.25) is 24.8 Å². The Morgan fingerprint density at radius 1 is 1.20 bits per heavy atom. The molecular weight excluding hydrogens is 254 g/mol. The number of pyridine rings is 1. The molecule has 0 atom stereocenters. The summed E-state index contributed by atoms with van der Waals surface area (Å²) in [6.07, 6.45) is 0. The maximum absolute atomic E-state index is 11.9. The quantitative estimate of drug-likeness (QED) is 0.826. The molecule has 2 amide bonds. The number of carbonyl (C=O) groups is 2. The molecule has 0 saturated carbocycles. The molecule has 1 N–H and O–H groups in total. The summed E-state index contributed by atoms with van der Waals surface area (Å²) >= 11 is 0. The number of amides is 2. The first-order valence-electron chi connectivity index (χ1n) is 6.54. The number of hydrogen-bond donors (Lipinski definition) is 1. The Hall–Kier alpha value is -2.27. The van der Waals surface area contributed by atoms with Gasteiger partial charge >= 0.3 is 0 Å². The van der Waals surface area contributed by atoms with Gasteiger partial charge in [-0.2, -0.15) is 0 Å². The smallest absolute Gasteiger partial charge is 0.243 e. The summed E-state index contributed by atoms with van der Waals surface area (Å²) in [5, 5.41) is 3.78. The van der Waals surface area contributed by atoms with Crippen molar-refractivity contribution in [1.29, 1.82) is 0 Å². The van der Waals surface area contributed by atoms with E-state index in [1.165, 1.54) is 4.90 Å². The second kappa shape index (κ2) is 5.02. The van der Waals surface area contributed by atoms with Crippen molar-refractivity contribution in [2.24, 2.45) is 0 Å². The zero-order chi connectivity index (χ0) is 14.1. The molecule has 1 aromatic carbocycles. The van der Waals surface area contributed by atoms with Gasteiger partial charge in [-0.25, -0.2) is 0 Å². The van der Waals surface area contributed by atoms with Crippen LogP contribution >= 0.6 is 0 Å². The number of aryl methyl sites for hydroxylation is 1. The van der Waals surface area contributed by atoms with Gasteiger partial charge in [0.1, 0.15) is 0 Å². The van der Waals surface area contributed by atoms with Gasteiger partial charge in [-0.1, -0.05) is 18.2 Å². The standard InChI is InChI=1S/C15H15N3O2/c1-10-6-11(12-4-2-3-5-13(12)17-10)9-18-14(19)7-16-8-15(18)20/h2-6,16H,7-9H2,1H3. The van der Waals surface area contributed by atoms with E-state index in [4.69, 9.17) is 0 Å². The molecule has 0 radical (unpaired) electrons. The fourth-order valence-corrected chi connectivity index (χ4v) is 2.48. The molecule has 2 heterocycles. The van der Waals surface area contributed by atoms with E-state index in [2.05, 4.69) is 10.3 Å². The van der Waals surface area contributed by atoms with E-state index in [-0.39, 0.29) is 24.9 Å². The number of hydrogen-bond acceptors (Lipinski definition) is 4. The first kappa shape index (κ1) is 12.7. The van der Waals surface area contributed by atoms with Crippen molar-refractivity contribution >= 4 is 22.7 Å². The molecule has 0 aliphatic carbocycles. The Labute approximate surface area is 116 Å². The van der Waals surface area contributed by atoms with Crippen molar-refractivity contribution in [1.82, 2.24) is 15.2 Å². The highest BCUT2D eigenvalue weighted by Gasteiger charge is 2.26. The van der Waals surface area contributed by atoms with E-state index >= 15 is 0 Å². The van der Waals surface area contributed by atoms with E-state index in [9.17, 15) is 9.59 Å². The van der Waals surface area contributed by atoms with Crippen LogP contribution in [0.5, 0.6) is 0 Å². The molecule has 5 nitrogen and oxygen atoms in total. The van der Waals surface area contributed by atoms with Crippen LogP contribution in [0.1, 0.15) is 11.3 Å². The number of para-hydroxylation sites is 1. The van der Waals surface area contributed by atoms with Crippen molar-refractivity contribution in [3.05, 3.63) is 41.6 Å². The van der Waals surface area contributed by atoms with Crippen molar-refractivity contribution < 1.29 is 9.59 Å². The Morgan fingerprint density at radius 3 is 2.65 bits per heavy atom. The van der Waals surface area contributed by atoms with Crippen molar-refractivity contribution in [2.45, 2.75) is 13.5 Å². The second-order valence-corrected chi connectivity index (χ2v) is 4.92. The van der Waals surface area contributed by atoms with Crippen molar-refractivity contribution in [3.63, 3.8) is 0 Å². The van der Waals surface area contributed by atoms with Crippen LogP contribution in [0.15, 0.2) is 30.3 Å². The molecule has 1 aromatic heterocycles. The number of rotatable bonds is 2. The van der Waals surface area contributed by atoms with Gasteiger partial charge in [-0.05, 0) is 24.6 Å². The van der Waals surface area contributed by atoms with Gasteiger partial charge < -0.3 is 0 Å². The first-order chi connectivity index (χ1) is 9.65. The molecular formula is C15H15N3O2. The average molecular weight is 269 g/mol. The van der Waals surface area contributed by atoms with Crippen molar-refractivity contribution in [3.8, 4) is 0 Å². The molecule has 5 heteroatoms. The van der Waals surface area contributed by atoms with Crippen molar-refractivity contribution in [2.75, 3.05) is 13.1 Å². The van der Waals surface area contributed by atoms with Gasteiger partial charge in [0.25, 0.3) is 0 Å². The number of aromatic nitrogens is 1. The molecule has 0 unspecified atom stereocenters. The van der Waals surface area contributed by atoms with Gasteiger partial charge in [0.05, 0.1) is 25.2 Å². The minimum Gasteiger partial charge on any atom is -0.300 e. The lowest BCUT2D eigenvalue weighted by molar-refractivity contribution is -0.147. The Balaban J connectivity index is 2.01. The molecule has 102 valence electrons. The fourth-order valence-electron chi connectivity index (χ4n) is 2.48. The highest BCUT2D eigenvalue weighted by Crippen LogP contribution is 2.20. The minimum atomic E-state index is -0.181. The first-order valence-corrected chi connectivity index (χ1v) is 6.54. The summed E-state index contributed by atoms with van der Waals surface area (Å²) in [5.74, 6) is -0.361. The molecule has 1 fully saturated rings. The molecule has 0 spiro atoms. The number of piperazine rings is 1. The summed E-state index contributed by atoms with van der Waals surface area (Å²) in [4.78, 5) is 29.5. The van der Waals surface area contributed by atoms with Crippen LogP contribution in [-0.4, -0.2) is 34.8 Å². The molecule has 0 bridgehead atoms. The van der Waals surface area contributed by atoms with Crippen LogP contribution < -0.4 is 5.32 Å². The highest BCUT2D eigenvalue weighted by molar-refractivity contribution is 5.99. The third kappa shape index (κ3) is 2.28. The summed E-state index contributed by atoms with van der Waals surface area (Å²) < 4.78 is 0. The third-order valence-electron chi connectivity index (χ3n) is 3.41. The van der Waals surface area contributed by atoms with Gasteiger partial charge in [0.15, 0.2) is 0 Å². The lowest BCUT2D eigenvalue weighted by atomic mass is 10.1. The van der Waals surface area contributed by atoms with E-state index in [0.717, 1.165) is 22.2 Å². The number of carbonyl (C=O) groups excluding carboxylic acids is 2. The molecule has 20 heavy (non-hydrogen) atoms. The van der Waals surface area contributed by atoms with Crippen LogP contribution in [0.2, 0.25) is 0 Å². The topological polar surface area (TPSA) is 62.3 Å². The van der Waals surface area contributed by atoms with Crippen LogP contribution in [-0.2, 0) is 16.1 Å². The summed E-state index contributed by atoms with van der Waals surface area (Å²) in [5.41, 5.74) is 2.72. The van der Waals surface area contributed by atoms with Crippen LogP contribution in [0, 0.1) is 6.92 Å². The Morgan fingerprint density at radius 2 is 1.90 bits per heavy atom. The zero-order valence-electron chi connectivity index (χ0n) is 11.2. The Kier molecular flexibility index (Phi) is 3.20. The SMILES string of the molecule is Cc1cc(CN2C(=O)CNCC2=O)c2ccccc2n1. The normalized spacial score (nSPS) is 15.9. The predicted molar refractivity (Wildman–Crippen MR) is 74.9 cm³/mol.